The summed E-state index contributed by atoms with van der Waals surface area (Å²) < 4.78 is 0. The Morgan fingerprint density at radius 1 is 0.279 bits per heavy atom. The summed E-state index contributed by atoms with van der Waals surface area (Å²) in [7, 11) is 0. The van der Waals surface area contributed by atoms with Crippen LogP contribution in [0.2, 0.25) is 0 Å². The molecule has 5 nitrogen and oxygen atoms in total. The first-order chi connectivity index (χ1) is 33.7. The van der Waals surface area contributed by atoms with E-state index in [0.717, 1.165) is 67.5 Å². The minimum Gasteiger partial charge on any atom is -0.255 e. The van der Waals surface area contributed by atoms with Crippen molar-refractivity contribution in [1.29, 1.82) is 0 Å². The van der Waals surface area contributed by atoms with E-state index in [4.69, 9.17) is 24.9 Å². The van der Waals surface area contributed by atoms with Crippen LogP contribution < -0.4 is 0 Å². The van der Waals surface area contributed by atoms with Gasteiger partial charge in [0, 0.05) is 38.9 Å². The Labute approximate surface area is 399 Å². The van der Waals surface area contributed by atoms with E-state index in [2.05, 4.69) is 164 Å². The number of hydrogen-bond donors (Lipinski definition) is 0. The molecule has 0 radical (unpaired) electrons. The molecule has 0 saturated heterocycles. The largest absolute Gasteiger partial charge is 0.255 e. The van der Waals surface area contributed by atoms with Crippen molar-refractivity contribution in [3.8, 4) is 90.1 Å². The minimum atomic E-state index is -0.585. The van der Waals surface area contributed by atoms with Crippen LogP contribution in [0.1, 0.15) is 22.3 Å². The smallest absolute Gasteiger partial charge is 0.160 e. The van der Waals surface area contributed by atoms with Gasteiger partial charge in [-0.15, -0.1) is 0 Å². The maximum Gasteiger partial charge on any atom is 0.160 e. The van der Waals surface area contributed by atoms with Crippen molar-refractivity contribution in [3.63, 3.8) is 0 Å². The van der Waals surface area contributed by atoms with Crippen molar-refractivity contribution < 1.29 is 0 Å². The highest BCUT2D eigenvalue weighted by Gasteiger charge is 2.51. The number of hydrogen-bond acceptors (Lipinski definition) is 6. The summed E-state index contributed by atoms with van der Waals surface area (Å²) in [6, 6.07) is 79.6. The quantitative estimate of drug-likeness (QED) is 0.159. The molecule has 0 bridgehead atoms. The Balaban J connectivity index is 1.01. The topological polar surface area (TPSA) is 64.5 Å². The highest BCUT2D eigenvalue weighted by atomic mass is 32.2. The normalized spacial score (nSPS) is 12.8. The lowest BCUT2D eigenvalue weighted by atomic mass is 9.66. The second-order valence-electron chi connectivity index (χ2n) is 17.1. The fourth-order valence-electron chi connectivity index (χ4n) is 10.3. The number of rotatable bonds is 7. The average Bonchev–Trinajstić information content (AvgIpc) is 3.72. The molecule has 2 aliphatic rings. The highest BCUT2D eigenvalue weighted by molar-refractivity contribution is 7.99. The maximum absolute atomic E-state index is 5.16. The summed E-state index contributed by atoms with van der Waals surface area (Å²) in [6.45, 7) is 0. The zero-order valence-electron chi connectivity index (χ0n) is 36.7. The van der Waals surface area contributed by atoms with Crippen molar-refractivity contribution >= 4 is 11.8 Å². The van der Waals surface area contributed by atoms with E-state index in [9.17, 15) is 0 Å². The van der Waals surface area contributed by atoms with Crippen molar-refractivity contribution in [2.75, 3.05) is 0 Å². The molecule has 1 aliphatic carbocycles. The van der Waals surface area contributed by atoms with Gasteiger partial charge in [-0.2, -0.15) is 0 Å². The van der Waals surface area contributed by atoms with Crippen LogP contribution in [-0.2, 0) is 5.41 Å². The van der Waals surface area contributed by atoms with Crippen LogP contribution in [-0.4, -0.2) is 24.9 Å². The predicted octanol–water partition coefficient (Wildman–Crippen LogP) is 15.2. The fraction of sp³-hybridized carbons (Fsp3) is 0.0161. The molecular formula is C62H39N5S. The molecule has 7 aromatic carbocycles. The molecule has 0 atom stereocenters. The number of aromatic nitrogens is 5. The number of pyridine rings is 3. The molecule has 1 spiro atoms. The summed E-state index contributed by atoms with van der Waals surface area (Å²) in [4.78, 5) is 27.3. The lowest BCUT2D eigenvalue weighted by Gasteiger charge is -2.41. The van der Waals surface area contributed by atoms with E-state index < -0.39 is 5.41 Å². The second-order valence-corrected chi connectivity index (χ2v) is 18.2. The second kappa shape index (κ2) is 16.4. The van der Waals surface area contributed by atoms with Crippen molar-refractivity contribution in [2.24, 2.45) is 0 Å². The Bertz CT molecular complexity index is 3530. The molecule has 0 fully saturated rings. The summed E-state index contributed by atoms with van der Waals surface area (Å²) in [5.74, 6) is 0.699. The SMILES string of the molecule is c1ccc(-c2cc(-c3ccc(-c4cccc5c4Sc4c(-c6cc(-c7ccccn7)nc(-c7ccccn7)c6)cccc4C54c5ccccc5-c5ccccc54)cc3)nc(-c3ccccc3)n2)cc1. The van der Waals surface area contributed by atoms with Gasteiger partial charge in [0.2, 0.25) is 0 Å². The summed E-state index contributed by atoms with van der Waals surface area (Å²) in [5, 5.41) is 0. The first-order valence-corrected chi connectivity index (χ1v) is 23.6. The Kier molecular flexibility index (Phi) is 9.58. The van der Waals surface area contributed by atoms with Crippen LogP contribution in [0.4, 0.5) is 0 Å². The molecule has 318 valence electrons. The van der Waals surface area contributed by atoms with Gasteiger partial charge in [0.15, 0.2) is 5.82 Å². The monoisotopic (exact) mass is 885 g/mol. The van der Waals surface area contributed by atoms with E-state index in [0.29, 0.717) is 5.82 Å². The molecular weight excluding hydrogens is 847 g/mol. The van der Waals surface area contributed by atoms with Gasteiger partial charge < -0.3 is 0 Å². The van der Waals surface area contributed by atoms with Crippen LogP contribution in [0.25, 0.3) is 90.1 Å². The van der Waals surface area contributed by atoms with Crippen LogP contribution in [0.15, 0.2) is 247 Å². The molecule has 68 heavy (non-hydrogen) atoms. The summed E-state index contributed by atoms with van der Waals surface area (Å²) in [5.41, 5.74) is 19.6. The standard InChI is InChI=1S/C62H39N5S/c1-3-17-41(18-4-1)55-39-56(67-61(66-55)43-19-5-2-6-20-43)42-33-31-40(32-34-42)45-23-15-27-51-59(45)68-60-46(44-37-57(53-29-11-13-35-63-53)65-58(38-44)54-30-12-14-36-64-54)24-16-28-52(60)62(51)49-25-9-7-21-47(49)48-22-8-10-26-50(48)62/h1-39H. The van der Waals surface area contributed by atoms with Crippen molar-refractivity contribution in [3.05, 3.63) is 259 Å². The number of benzene rings is 7. The fourth-order valence-corrected chi connectivity index (χ4v) is 11.7. The molecule has 0 amide bonds. The first kappa shape index (κ1) is 39.8. The molecule has 13 rings (SSSR count). The van der Waals surface area contributed by atoms with Crippen LogP contribution >= 0.6 is 11.8 Å². The maximum atomic E-state index is 5.16. The summed E-state index contributed by atoms with van der Waals surface area (Å²) >= 11 is 1.87. The van der Waals surface area contributed by atoms with Crippen LogP contribution in [0.5, 0.6) is 0 Å². The lowest BCUT2D eigenvalue weighted by Crippen LogP contribution is -2.32. The molecule has 6 heteroatoms. The molecule has 4 aromatic heterocycles. The summed E-state index contributed by atoms with van der Waals surface area (Å²) in [6.07, 6.45) is 3.65. The number of fused-ring (bicyclic) bond motifs is 9. The van der Waals surface area contributed by atoms with Gasteiger partial charge >= 0.3 is 0 Å². The zero-order valence-corrected chi connectivity index (χ0v) is 37.5. The molecule has 0 saturated carbocycles. The lowest BCUT2D eigenvalue weighted by molar-refractivity contribution is 0.724. The molecule has 0 N–H and O–H groups in total. The van der Waals surface area contributed by atoms with E-state index in [1.165, 1.54) is 48.7 Å². The minimum absolute atomic E-state index is 0.585. The van der Waals surface area contributed by atoms with E-state index in [1.54, 1.807) is 0 Å². The molecule has 1 aliphatic heterocycles. The third-order valence-electron chi connectivity index (χ3n) is 13.3. The van der Waals surface area contributed by atoms with E-state index in [-0.39, 0.29) is 0 Å². The number of nitrogens with zero attached hydrogens (tertiary/aromatic N) is 5. The Hall–Kier alpha value is -8.58. The van der Waals surface area contributed by atoms with Gasteiger partial charge in [0.05, 0.1) is 39.6 Å². The molecule has 5 heterocycles. The Morgan fingerprint density at radius 3 is 1.26 bits per heavy atom. The van der Waals surface area contributed by atoms with Gasteiger partial charge in [0.25, 0.3) is 0 Å². The third kappa shape index (κ3) is 6.52. The van der Waals surface area contributed by atoms with E-state index in [1.807, 2.05) is 84.8 Å². The van der Waals surface area contributed by atoms with Gasteiger partial charge in [-0.05, 0) is 98.1 Å². The highest BCUT2D eigenvalue weighted by Crippen LogP contribution is 2.64. The van der Waals surface area contributed by atoms with Gasteiger partial charge in [-0.25, -0.2) is 15.0 Å². The van der Waals surface area contributed by atoms with Crippen LogP contribution in [0.3, 0.4) is 0 Å². The molecule has 0 unspecified atom stereocenters. The third-order valence-corrected chi connectivity index (χ3v) is 14.6. The average molecular weight is 886 g/mol. The Morgan fingerprint density at radius 2 is 0.721 bits per heavy atom. The van der Waals surface area contributed by atoms with Crippen molar-refractivity contribution in [2.45, 2.75) is 15.2 Å². The van der Waals surface area contributed by atoms with Gasteiger partial charge in [-0.1, -0.05) is 194 Å². The van der Waals surface area contributed by atoms with Gasteiger partial charge in [0.1, 0.15) is 0 Å². The first-order valence-electron chi connectivity index (χ1n) is 22.8. The van der Waals surface area contributed by atoms with Gasteiger partial charge in [-0.3, -0.25) is 9.97 Å². The van der Waals surface area contributed by atoms with Crippen molar-refractivity contribution in [1.82, 2.24) is 24.9 Å². The zero-order chi connectivity index (χ0) is 45.0. The van der Waals surface area contributed by atoms with E-state index >= 15 is 0 Å². The predicted molar refractivity (Wildman–Crippen MR) is 275 cm³/mol. The molecule has 11 aromatic rings. The van der Waals surface area contributed by atoms with Crippen LogP contribution in [0, 0.1) is 0 Å².